The second-order valence-corrected chi connectivity index (χ2v) is 6.05. The van der Waals surface area contributed by atoms with E-state index in [1.807, 2.05) is 6.07 Å². The first-order valence-corrected chi connectivity index (χ1v) is 8.32. The van der Waals surface area contributed by atoms with Gasteiger partial charge in [0.15, 0.2) is 0 Å². The van der Waals surface area contributed by atoms with Crippen molar-refractivity contribution in [1.82, 2.24) is 14.9 Å². The summed E-state index contributed by atoms with van der Waals surface area (Å²) in [5.41, 5.74) is 3.53. The molecule has 0 aliphatic carbocycles. The van der Waals surface area contributed by atoms with Gasteiger partial charge in [-0.1, -0.05) is 48.5 Å². The Morgan fingerprint density at radius 1 is 0.913 bits per heavy atom. The van der Waals surface area contributed by atoms with E-state index in [2.05, 4.69) is 70.6 Å². The van der Waals surface area contributed by atoms with Crippen LogP contribution in [0, 0.1) is 0 Å². The van der Waals surface area contributed by atoms with E-state index in [4.69, 9.17) is 4.98 Å². The zero-order valence-electron chi connectivity index (χ0n) is 13.2. The summed E-state index contributed by atoms with van der Waals surface area (Å²) < 4.78 is 2.43. The smallest absolute Gasteiger partial charge is 0.134 e. The van der Waals surface area contributed by atoms with Crippen molar-refractivity contribution < 1.29 is 0 Å². The third-order valence-electron chi connectivity index (χ3n) is 4.52. The molecule has 23 heavy (non-hydrogen) atoms. The third-order valence-corrected chi connectivity index (χ3v) is 4.52. The monoisotopic (exact) mass is 303 g/mol. The van der Waals surface area contributed by atoms with Gasteiger partial charge in [-0.15, -0.1) is 0 Å². The van der Waals surface area contributed by atoms with Crippen molar-refractivity contribution in [2.24, 2.45) is 0 Å². The Hall–Kier alpha value is -2.39. The molecule has 0 saturated carbocycles. The normalized spacial score (nSPS) is 16.3. The summed E-state index contributed by atoms with van der Waals surface area (Å²) in [5, 5.41) is 3.45. The van der Waals surface area contributed by atoms with Crippen molar-refractivity contribution in [1.29, 1.82) is 0 Å². The van der Waals surface area contributed by atoms with Gasteiger partial charge in [0.25, 0.3) is 0 Å². The molecule has 3 nitrogen and oxygen atoms in total. The molecule has 0 bridgehead atoms. The average molecular weight is 303 g/mol. The number of nitrogens with one attached hydrogen (secondary N) is 1. The lowest BCUT2D eigenvalue weighted by molar-refractivity contribution is 0.373. The molecule has 3 aromatic rings. The van der Waals surface area contributed by atoms with Gasteiger partial charge >= 0.3 is 0 Å². The molecule has 0 spiro atoms. The molecule has 4 rings (SSSR count). The number of hydrogen-bond acceptors (Lipinski definition) is 2. The number of imidazole rings is 1. The largest absolute Gasteiger partial charge is 0.321 e. The first-order chi connectivity index (χ1) is 11.4. The number of hydrogen-bond donors (Lipinski definition) is 1. The van der Waals surface area contributed by atoms with Crippen molar-refractivity contribution in [3.8, 4) is 0 Å². The maximum absolute atomic E-state index is 4.86. The quantitative estimate of drug-likeness (QED) is 0.788. The Labute approximate surface area is 136 Å². The SMILES string of the molecule is C(=C\c1nc2ccccc2n1C1CCNCC1)/c1ccccc1. The van der Waals surface area contributed by atoms with E-state index < -0.39 is 0 Å². The van der Waals surface area contributed by atoms with E-state index in [1.54, 1.807) is 0 Å². The summed E-state index contributed by atoms with van der Waals surface area (Å²) in [6.45, 7) is 2.16. The van der Waals surface area contributed by atoms with E-state index in [9.17, 15) is 0 Å². The molecule has 1 aliphatic rings. The van der Waals surface area contributed by atoms with E-state index in [0.29, 0.717) is 6.04 Å². The molecule has 0 amide bonds. The van der Waals surface area contributed by atoms with Crippen LogP contribution >= 0.6 is 0 Å². The number of piperidine rings is 1. The highest BCUT2D eigenvalue weighted by molar-refractivity contribution is 5.80. The van der Waals surface area contributed by atoms with Gasteiger partial charge in [-0.3, -0.25) is 0 Å². The molecule has 3 heteroatoms. The fraction of sp³-hybridized carbons (Fsp3) is 0.250. The van der Waals surface area contributed by atoms with Crippen LogP contribution in [0.5, 0.6) is 0 Å². The number of fused-ring (bicyclic) bond motifs is 1. The Morgan fingerprint density at radius 3 is 2.48 bits per heavy atom. The van der Waals surface area contributed by atoms with Crippen LogP contribution in [-0.2, 0) is 0 Å². The minimum atomic E-state index is 0.527. The first kappa shape index (κ1) is 14.2. The summed E-state index contributed by atoms with van der Waals surface area (Å²) in [7, 11) is 0. The first-order valence-electron chi connectivity index (χ1n) is 8.32. The van der Waals surface area contributed by atoms with Gasteiger partial charge in [-0.2, -0.15) is 0 Å². The Balaban J connectivity index is 1.77. The molecule has 2 aromatic carbocycles. The number of benzene rings is 2. The highest BCUT2D eigenvalue weighted by atomic mass is 15.1. The van der Waals surface area contributed by atoms with E-state index in [0.717, 1.165) is 37.3 Å². The molecular weight excluding hydrogens is 282 g/mol. The molecule has 0 unspecified atom stereocenters. The minimum absolute atomic E-state index is 0.527. The van der Waals surface area contributed by atoms with Gasteiger partial charge in [-0.05, 0) is 49.7 Å². The third kappa shape index (κ3) is 2.92. The van der Waals surface area contributed by atoms with E-state index in [1.165, 1.54) is 11.1 Å². The molecule has 1 aromatic heterocycles. The number of rotatable bonds is 3. The summed E-state index contributed by atoms with van der Waals surface area (Å²) >= 11 is 0. The highest BCUT2D eigenvalue weighted by Gasteiger charge is 2.19. The van der Waals surface area contributed by atoms with Crippen molar-refractivity contribution in [3.05, 3.63) is 66.0 Å². The van der Waals surface area contributed by atoms with Crippen LogP contribution in [0.3, 0.4) is 0 Å². The van der Waals surface area contributed by atoms with Gasteiger partial charge in [0.2, 0.25) is 0 Å². The summed E-state index contributed by atoms with van der Waals surface area (Å²) in [6.07, 6.45) is 6.62. The summed E-state index contributed by atoms with van der Waals surface area (Å²) in [6, 6.07) is 19.4. The molecule has 0 atom stereocenters. The Bertz CT molecular complexity index is 811. The molecule has 1 N–H and O–H groups in total. The van der Waals surface area contributed by atoms with Gasteiger partial charge < -0.3 is 9.88 Å². The van der Waals surface area contributed by atoms with Crippen molar-refractivity contribution in [2.45, 2.75) is 18.9 Å². The number of para-hydroxylation sites is 2. The van der Waals surface area contributed by atoms with Crippen molar-refractivity contribution >= 4 is 23.2 Å². The van der Waals surface area contributed by atoms with Gasteiger partial charge in [-0.25, -0.2) is 4.98 Å². The maximum Gasteiger partial charge on any atom is 0.134 e. The van der Waals surface area contributed by atoms with Gasteiger partial charge in [0.1, 0.15) is 5.82 Å². The van der Waals surface area contributed by atoms with Crippen LogP contribution < -0.4 is 5.32 Å². The highest BCUT2D eigenvalue weighted by Crippen LogP contribution is 2.27. The van der Waals surface area contributed by atoms with Crippen LogP contribution in [0.15, 0.2) is 54.6 Å². The van der Waals surface area contributed by atoms with Crippen LogP contribution in [0.4, 0.5) is 0 Å². The average Bonchev–Trinajstić information content (AvgIpc) is 3.00. The summed E-state index contributed by atoms with van der Waals surface area (Å²) in [4.78, 5) is 4.86. The van der Waals surface area contributed by atoms with Gasteiger partial charge in [0, 0.05) is 6.04 Å². The fourth-order valence-electron chi connectivity index (χ4n) is 3.36. The minimum Gasteiger partial charge on any atom is -0.321 e. The predicted molar refractivity (Wildman–Crippen MR) is 96.2 cm³/mol. The molecule has 2 heterocycles. The van der Waals surface area contributed by atoms with Crippen LogP contribution in [0.2, 0.25) is 0 Å². The van der Waals surface area contributed by atoms with Crippen molar-refractivity contribution in [2.75, 3.05) is 13.1 Å². The van der Waals surface area contributed by atoms with Crippen molar-refractivity contribution in [3.63, 3.8) is 0 Å². The lowest BCUT2D eigenvalue weighted by atomic mass is 10.1. The Kier molecular flexibility index (Phi) is 3.95. The molecule has 0 radical (unpaired) electrons. The Morgan fingerprint density at radius 2 is 1.65 bits per heavy atom. The second kappa shape index (κ2) is 6.39. The molecule has 116 valence electrons. The number of aromatic nitrogens is 2. The lowest BCUT2D eigenvalue weighted by Crippen LogP contribution is -2.29. The van der Waals surface area contributed by atoms with Crippen LogP contribution in [0.1, 0.15) is 30.3 Å². The summed E-state index contributed by atoms with van der Waals surface area (Å²) in [5.74, 6) is 1.06. The topological polar surface area (TPSA) is 29.9 Å². The second-order valence-electron chi connectivity index (χ2n) is 6.05. The zero-order valence-corrected chi connectivity index (χ0v) is 13.2. The van der Waals surface area contributed by atoms with E-state index in [-0.39, 0.29) is 0 Å². The molecule has 1 saturated heterocycles. The van der Waals surface area contributed by atoms with Crippen LogP contribution in [0.25, 0.3) is 23.2 Å². The standard InChI is InChI=1S/C20H21N3/c1-2-6-16(7-3-1)10-11-20-22-18-8-4-5-9-19(18)23(20)17-12-14-21-15-13-17/h1-11,17,21H,12-15H2/b11-10+. The lowest BCUT2D eigenvalue weighted by Gasteiger charge is -2.25. The predicted octanol–water partition coefficient (Wildman–Crippen LogP) is 4.13. The van der Waals surface area contributed by atoms with E-state index >= 15 is 0 Å². The fourth-order valence-corrected chi connectivity index (χ4v) is 3.36. The molecule has 1 fully saturated rings. The zero-order chi connectivity index (χ0) is 15.5. The molecular formula is C20H21N3. The maximum atomic E-state index is 4.86. The van der Waals surface area contributed by atoms with Gasteiger partial charge in [0.05, 0.1) is 11.0 Å². The molecule has 1 aliphatic heterocycles. The number of nitrogens with zero attached hydrogens (tertiary/aromatic N) is 2. The van der Waals surface area contributed by atoms with Crippen LogP contribution in [-0.4, -0.2) is 22.6 Å².